The quantitative estimate of drug-likeness (QED) is 0.380. The number of hydrogen-bond donors (Lipinski definition) is 0. The summed E-state index contributed by atoms with van der Waals surface area (Å²) in [7, 11) is -0.384. The third kappa shape index (κ3) is 2.48. The highest BCUT2D eigenvalue weighted by Crippen LogP contribution is 1.93. The van der Waals surface area contributed by atoms with E-state index in [1.807, 2.05) is 0 Å². The first kappa shape index (κ1) is 6.25. The van der Waals surface area contributed by atoms with Gasteiger partial charge in [0.05, 0.1) is 0 Å². The van der Waals surface area contributed by atoms with Crippen LogP contribution in [0.3, 0.4) is 0 Å². The minimum absolute atomic E-state index is 0.384. The van der Waals surface area contributed by atoms with E-state index in [4.69, 9.17) is 11.1 Å². The average Bonchev–Trinajstić information content (AvgIpc) is 1.65. The van der Waals surface area contributed by atoms with Crippen molar-refractivity contribution in [2.75, 3.05) is 0 Å². The fourth-order valence-corrected chi connectivity index (χ4v) is 0.850. The molecule has 0 aliphatic heterocycles. The molecule has 0 spiro atoms. The Labute approximate surface area is 45.7 Å². The normalized spacial score (nSPS) is 10.3. The van der Waals surface area contributed by atoms with E-state index in [-0.39, 0.29) is 8.83 Å². The Hall–Kier alpha value is 0.247. The lowest BCUT2D eigenvalue weighted by atomic mass is 10.5. The van der Waals surface area contributed by atoms with Crippen LogP contribution in [0.4, 0.5) is 0 Å². The molecule has 0 nitrogen and oxygen atoms in total. The molecule has 0 aliphatic rings. The Morgan fingerprint density at radius 3 is 2.50 bits per heavy atom. The van der Waals surface area contributed by atoms with Gasteiger partial charge in [0.15, 0.2) is 8.83 Å². The van der Waals surface area contributed by atoms with Crippen molar-refractivity contribution in [2.45, 2.75) is 13.3 Å². The van der Waals surface area contributed by atoms with Crippen molar-refractivity contribution >= 4 is 19.9 Å². The van der Waals surface area contributed by atoms with Crippen LogP contribution >= 0.6 is 11.1 Å². The molecule has 0 bridgehead atoms. The van der Waals surface area contributed by atoms with Crippen molar-refractivity contribution in [1.29, 1.82) is 0 Å². The van der Waals surface area contributed by atoms with Gasteiger partial charge in [-0.15, -0.1) is 6.58 Å². The molecule has 0 radical (unpaired) electrons. The van der Waals surface area contributed by atoms with Gasteiger partial charge in [0.25, 0.3) is 0 Å². The number of hydrogen-bond acceptors (Lipinski definition) is 0. The zero-order chi connectivity index (χ0) is 4.99. The predicted molar refractivity (Wildman–Crippen MR) is 33.8 cm³/mol. The zero-order valence-electron chi connectivity index (χ0n) is 4.00. The van der Waals surface area contributed by atoms with E-state index in [1.54, 1.807) is 0 Å². The molecule has 0 aromatic rings. The maximum Gasteiger partial charge on any atom is 0.151 e. The molecule has 36 valence electrons. The lowest BCUT2D eigenvalue weighted by Crippen LogP contribution is -1.79. The second-order valence-electron chi connectivity index (χ2n) is 1.24. The van der Waals surface area contributed by atoms with Crippen LogP contribution in [0.1, 0.15) is 13.3 Å². The Morgan fingerprint density at radius 1 is 2.00 bits per heavy atom. The topological polar surface area (TPSA) is 0 Å². The number of rotatable bonds is 2. The van der Waals surface area contributed by atoms with Crippen LogP contribution in [0.15, 0.2) is 11.8 Å². The van der Waals surface area contributed by atoms with Crippen LogP contribution in [0.5, 0.6) is 0 Å². The fraction of sp³-hybridized carbons (Fsp3) is 0.500. The molecule has 2 heteroatoms. The van der Waals surface area contributed by atoms with Gasteiger partial charge in [-0.05, 0) is 6.42 Å². The molecule has 0 heterocycles. The fourth-order valence-electron chi connectivity index (χ4n) is 0.0945. The molecule has 6 heavy (non-hydrogen) atoms. The summed E-state index contributed by atoms with van der Waals surface area (Å²) in [6.07, 6.45) is 1.07. The molecular formula is C4H9ClSi. The standard InChI is InChI=1S/C4H9ClSi/c1-3-4(2)6-5/h2-3,6H2,1H3. The van der Waals surface area contributed by atoms with Gasteiger partial charge < -0.3 is 0 Å². The van der Waals surface area contributed by atoms with Gasteiger partial charge in [0, 0.05) is 0 Å². The molecule has 0 unspecified atom stereocenters. The average molecular weight is 121 g/mol. The largest absolute Gasteiger partial charge is 0.170 e. The smallest absolute Gasteiger partial charge is 0.151 e. The van der Waals surface area contributed by atoms with E-state index in [0.29, 0.717) is 0 Å². The first-order chi connectivity index (χ1) is 2.81. The summed E-state index contributed by atoms with van der Waals surface area (Å²) in [6.45, 7) is 5.80. The molecular weight excluding hydrogens is 112 g/mol. The molecule has 0 N–H and O–H groups in total. The van der Waals surface area contributed by atoms with Crippen molar-refractivity contribution in [1.82, 2.24) is 0 Å². The van der Waals surface area contributed by atoms with Gasteiger partial charge in [-0.25, -0.2) is 0 Å². The van der Waals surface area contributed by atoms with Crippen LogP contribution in [-0.4, -0.2) is 8.83 Å². The third-order valence-electron chi connectivity index (χ3n) is 0.689. The van der Waals surface area contributed by atoms with Crippen molar-refractivity contribution in [2.24, 2.45) is 0 Å². The summed E-state index contributed by atoms with van der Waals surface area (Å²) in [4.78, 5) is 0. The number of halogens is 1. The Bertz CT molecular complexity index is 45.5. The van der Waals surface area contributed by atoms with Crippen LogP contribution in [0.25, 0.3) is 0 Å². The van der Waals surface area contributed by atoms with Crippen LogP contribution < -0.4 is 0 Å². The van der Waals surface area contributed by atoms with E-state index in [9.17, 15) is 0 Å². The Morgan fingerprint density at radius 2 is 2.50 bits per heavy atom. The molecule has 0 atom stereocenters. The first-order valence-corrected chi connectivity index (χ1v) is 4.88. The molecule has 0 aromatic carbocycles. The summed E-state index contributed by atoms with van der Waals surface area (Å²) in [6, 6.07) is 0. The summed E-state index contributed by atoms with van der Waals surface area (Å²) in [5, 5.41) is 1.25. The Kier molecular flexibility index (Phi) is 3.58. The van der Waals surface area contributed by atoms with Gasteiger partial charge in [-0.1, -0.05) is 12.1 Å². The zero-order valence-corrected chi connectivity index (χ0v) is 6.17. The first-order valence-electron chi connectivity index (χ1n) is 2.04. The minimum Gasteiger partial charge on any atom is -0.170 e. The molecule has 0 rings (SSSR count). The highest BCUT2D eigenvalue weighted by molar-refractivity contribution is 6.97. The van der Waals surface area contributed by atoms with Crippen molar-refractivity contribution in [3.8, 4) is 0 Å². The van der Waals surface area contributed by atoms with E-state index in [2.05, 4.69) is 13.5 Å². The highest BCUT2D eigenvalue weighted by atomic mass is 35.6. The summed E-state index contributed by atoms with van der Waals surface area (Å²) in [5.41, 5.74) is 0. The molecule has 0 amide bonds. The third-order valence-corrected chi connectivity index (χ3v) is 2.70. The van der Waals surface area contributed by atoms with Crippen LogP contribution in [0.2, 0.25) is 0 Å². The van der Waals surface area contributed by atoms with Crippen molar-refractivity contribution in [3.05, 3.63) is 11.8 Å². The SMILES string of the molecule is C=C(CC)[SiH2]Cl. The van der Waals surface area contributed by atoms with E-state index in [1.165, 1.54) is 5.20 Å². The lowest BCUT2D eigenvalue weighted by Gasteiger charge is -1.86. The van der Waals surface area contributed by atoms with E-state index < -0.39 is 0 Å². The Balaban J connectivity index is 2.99. The molecule has 0 saturated carbocycles. The van der Waals surface area contributed by atoms with Gasteiger partial charge in [-0.3, -0.25) is 0 Å². The molecule has 0 saturated heterocycles. The van der Waals surface area contributed by atoms with Crippen molar-refractivity contribution < 1.29 is 0 Å². The van der Waals surface area contributed by atoms with Crippen LogP contribution in [0, 0.1) is 0 Å². The van der Waals surface area contributed by atoms with Crippen LogP contribution in [-0.2, 0) is 0 Å². The van der Waals surface area contributed by atoms with E-state index >= 15 is 0 Å². The minimum atomic E-state index is -0.384. The second-order valence-corrected chi connectivity index (χ2v) is 3.31. The molecule has 0 aliphatic carbocycles. The summed E-state index contributed by atoms with van der Waals surface area (Å²) >= 11 is 5.49. The second kappa shape index (κ2) is 3.44. The summed E-state index contributed by atoms with van der Waals surface area (Å²) in [5.74, 6) is 0. The summed E-state index contributed by atoms with van der Waals surface area (Å²) < 4.78 is 0. The molecule has 0 aromatic heterocycles. The van der Waals surface area contributed by atoms with Gasteiger partial charge >= 0.3 is 0 Å². The lowest BCUT2D eigenvalue weighted by molar-refractivity contribution is 1.20. The maximum absolute atomic E-state index is 5.49. The maximum atomic E-state index is 5.49. The van der Waals surface area contributed by atoms with Gasteiger partial charge in [-0.2, -0.15) is 11.1 Å². The van der Waals surface area contributed by atoms with Gasteiger partial charge in [0.2, 0.25) is 0 Å². The molecule has 0 fully saturated rings. The van der Waals surface area contributed by atoms with E-state index in [0.717, 1.165) is 6.42 Å². The predicted octanol–water partition coefficient (Wildman–Crippen LogP) is 1.23. The monoisotopic (exact) mass is 120 g/mol. The highest BCUT2D eigenvalue weighted by Gasteiger charge is 1.81. The number of allylic oxidation sites excluding steroid dienone is 1. The van der Waals surface area contributed by atoms with Gasteiger partial charge in [0.1, 0.15) is 0 Å². The van der Waals surface area contributed by atoms with Crippen molar-refractivity contribution in [3.63, 3.8) is 0 Å².